The van der Waals surface area contributed by atoms with Crippen molar-refractivity contribution in [1.82, 2.24) is 5.32 Å². The fourth-order valence-electron chi connectivity index (χ4n) is 2.01. The van der Waals surface area contributed by atoms with Gasteiger partial charge in [0, 0.05) is 24.8 Å². The number of nitrogens with one attached hydrogen (secondary N) is 1. The molecule has 0 radical (unpaired) electrons. The number of carbonyl (C=O) groups is 1. The lowest BCUT2D eigenvalue weighted by Gasteiger charge is -2.13. The number of carbonyl (C=O) groups excluding carboxylic acids is 1. The predicted molar refractivity (Wildman–Crippen MR) is 67.1 cm³/mol. The van der Waals surface area contributed by atoms with Gasteiger partial charge in [-0.3, -0.25) is 4.79 Å². The highest BCUT2D eigenvalue weighted by molar-refractivity contribution is 5.99. The lowest BCUT2D eigenvalue weighted by Crippen LogP contribution is -2.30. The molecule has 0 bridgehead atoms. The first-order valence-electron chi connectivity index (χ1n) is 6.20. The largest absolute Gasteiger partial charge is 0.416 e. The zero-order valence-electron chi connectivity index (χ0n) is 10.7. The normalized spacial score (nSPS) is 19.1. The van der Waals surface area contributed by atoms with Gasteiger partial charge in [0.25, 0.3) is 5.91 Å². The lowest BCUT2D eigenvalue weighted by atomic mass is 10.1. The number of hydrogen-bond donors (Lipinski definition) is 2. The number of halogens is 3. The van der Waals surface area contributed by atoms with Crippen molar-refractivity contribution in [2.45, 2.75) is 12.6 Å². The van der Waals surface area contributed by atoms with Crippen LogP contribution in [-0.4, -0.2) is 25.7 Å². The molecule has 0 spiro atoms. The van der Waals surface area contributed by atoms with E-state index in [-0.39, 0.29) is 17.2 Å². The maximum absolute atomic E-state index is 12.6. The number of ether oxygens (including phenoxy) is 1. The first-order chi connectivity index (χ1) is 9.38. The Labute approximate surface area is 114 Å². The van der Waals surface area contributed by atoms with Crippen LogP contribution in [-0.2, 0) is 10.9 Å². The minimum atomic E-state index is -4.50. The summed E-state index contributed by atoms with van der Waals surface area (Å²) in [7, 11) is 0. The van der Waals surface area contributed by atoms with Crippen LogP contribution in [0.2, 0.25) is 0 Å². The van der Waals surface area contributed by atoms with Gasteiger partial charge in [-0.1, -0.05) is 0 Å². The Kier molecular flexibility index (Phi) is 4.17. The summed E-state index contributed by atoms with van der Waals surface area (Å²) in [6.45, 7) is 1.57. The van der Waals surface area contributed by atoms with Gasteiger partial charge < -0.3 is 15.8 Å². The molecule has 1 atom stereocenters. The Morgan fingerprint density at radius 1 is 1.45 bits per heavy atom. The molecule has 4 nitrogen and oxygen atoms in total. The van der Waals surface area contributed by atoms with Crippen LogP contribution < -0.4 is 11.1 Å². The summed E-state index contributed by atoms with van der Waals surface area (Å²) in [5.74, 6) is -0.397. The Morgan fingerprint density at radius 3 is 2.80 bits per heavy atom. The van der Waals surface area contributed by atoms with Crippen LogP contribution in [0.15, 0.2) is 18.2 Å². The van der Waals surface area contributed by atoms with E-state index in [4.69, 9.17) is 10.5 Å². The molecule has 0 aliphatic carbocycles. The number of hydrogen-bond acceptors (Lipinski definition) is 3. The van der Waals surface area contributed by atoms with Gasteiger partial charge in [0.2, 0.25) is 0 Å². The minimum absolute atomic E-state index is 0.0261. The predicted octanol–water partition coefficient (Wildman–Crippen LogP) is 2.05. The van der Waals surface area contributed by atoms with Gasteiger partial charge in [-0.25, -0.2) is 0 Å². The van der Waals surface area contributed by atoms with Crippen molar-refractivity contribution in [2.75, 3.05) is 25.5 Å². The van der Waals surface area contributed by atoms with Gasteiger partial charge in [-0.15, -0.1) is 0 Å². The SMILES string of the molecule is Nc1ccc(C(F)(F)F)cc1C(=O)NCC1CCOC1. The van der Waals surface area contributed by atoms with Crippen LogP contribution in [0.5, 0.6) is 0 Å². The topological polar surface area (TPSA) is 64.4 Å². The van der Waals surface area contributed by atoms with E-state index in [2.05, 4.69) is 5.32 Å². The van der Waals surface area contributed by atoms with Crippen molar-refractivity contribution in [3.8, 4) is 0 Å². The van der Waals surface area contributed by atoms with E-state index < -0.39 is 17.6 Å². The number of benzene rings is 1. The van der Waals surface area contributed by atoms with E-state index in [1.54, 1.807) is 0 Å². The van der Waals surface area contributed by atoms with Crippen LogP contribution in [0.1, 0.15) is 22.3 Å². The Morgan fingerprint density at radius 2 is 2.20 bits per heavy atom. The molecule has 110 valence electrons. The fourth-order valence-corrected chi connectivity index (χ4v) is 2.01. The highest BCUT2D eigenvalue weighted by Crippen LogP contribution is 2.31. The molecule has 1 heterocycles. The van der Waals surface area contributed by atoms with Crippen LogP contribution in [0, 0.1) is 5.92 Å². The van der Waals surface area contributed by atoms with E-state index in [1.165, 1.54) is 0 Å². The van der Waals surface area contributed by atoms with E-state index in [1.807, 2.05) is 0 Å². The summed E-state index contributed by atoms with van der Waals surface area (Å²) in [4.78, 5) is 11.9. The molecule has 7 heteroatoms. The third kappa shape index (κ3) is 3.41. The van der Waals surface area contributed by atoms with Crippen molar-refractivity contribution in [2.24, 2.45) is 5.92 Å². The molecule has 1 aliphatic heterocycles. The number of amides is 1. The van der Waals surface area contributed by atoms with Crippen molar-refractivity contribution < 1.29 is 22.7 Å². The van der Waals surface area contributed by atoms with E-state index in [9.17, 15) is 18.0 Å². The number of rotatable bonds is 3. The van der Waals surface area contributed by atoms with Crippen molar-refractivity contribution in [3.63, 3.8) is 0 Å². The smallest absolute Gasteiger partial charge is 0.398 e. The van der Waals surface area contributed by atoms with Gasteiger partial charge in [0.1, 0.15) is 0 Å². The minimum Gasteiger partial charge on any atom is -0.398 e. The highest BCUT2D eigenvalue weighted by Gasteiger charge is 2.31. The molecule has 0 aromatic heterocycles. The molecule has 0 saturated carbocycles. The summed E-state index contributed by atoms with van der Waals surface area (Å²) < 4.78 is 43.0. The van der Waals surface area contributed by atoms with Crippen molar-refractivity contribution >= 4 is 11.6 Å². The lowest BCUT2D eigenvalue weighted by molar-refractivity contribution is -0.137. The maximum atomic E-state index is 12.6. The van der Waals surface area contributed by atoms with Gasteiger partial charge >= 0.3 is 6.18 Å². The molecule has 1 saturated heterocycles. The van der Waals surface area contributed by atoms with Crippen molar-refractivity contribution in [1.29, 1.82) is 0 Å². The second-order valence-corrected chi connectivity index (χ2v) is 4.74. The Balaban J connectivity index is 2.08. The van der Waals surface area contributed by atoms with Crippen LogP contribution >= 0.6 is 0 Å². The highest BCUT2D eigenvalue weighted by atomic mass is 19.4. The molecular weight excluding hydrogens is 273 g/mol. The summed E-state index contributed by atoms with van der Waals surface area (Å²) in [5.41, 5.74) is 4.55. The summed E-state index contributed by atoms with van der Waals surface area (Å²) in [6, 6.07) is 2.73. The summed E-state index contributed by atoms with van der Waals surface area (Å²) in [5, 5.41) is 2.59. The molecule has 1 aromatic rings. The third-order valence-corrected chi connectivity index (χ3v) is 3.20. The number of nitrogen functional groups attached to an aromatic ring is 1. The molecule has 1 aliphatic rings. The van der Waals surface area contributed by atoms with Gasteiger partial charge in [-0.05, 0) is 24.6 Å². The van der Waals surface area contributed by atoms with E-state index in [0.717, 1.165) is 24.6 Å². The Bertz CT molecular complexity index is 497. The maximum Gasteiger partial charge on any atom is 0.416 e. The van der Waals surface area contributed by atoms with Gasteiger partial charge in [0.15, 0.2) is 0 Å². The van der Waals surface area contributed by atoms with Crippen molar-refractivity contribution in [3.05, 3.63) is 29.3 Å². The number of nitrogens with two attached hydrogens (primary N) is 1. The monoisotopic (exact) mass is 288 g/mol. The molecule has 1 aromatic carbocycles. The molecule has 1 unspecified atom stereocenters. The number of anilines is 1. The second-order valence-electron chi connectivity index (χ2n) is 4.74. The molecular formula is C13H15F3N2O2. The molecule has 1 amide bonds. The molecule has 2 rings (SSSR count). The van der Waals surface area contributed by atoms with E-state index in [0.29, 0.717) is 19.8 Å². The first kappa shape index (κ1) is 14.6. The van der Waals surface area contributed by atoms with Gasteiger partial charge in [0.05, 0.1) is 17.7 Å². The second kappa shape index (κ2) is 5.70. The zero-order chi connectivity index (χ0) is 14.8. The Hall–Kier alpha value is -1.76. The molecule has 1 fully saturated rings. The summed E-state index contributed by atoms with van der Waals surface area (Å²) in [6.07, 6.45) is -3.67. The van der Waals surface area contributed by atoms with E-state index >= 15 is 0 Å². The number of alkyl halides is 3. The zero-order valence-corrected chi connectivity index (χ0v) is 10.7. The third-order valence-electron chi connectivity index (χ3n) is 3.20. The fraction of sp³-hybridized carbons (Fsp3) is 0.462. The van der Waals surface area contributed by atoms with Crippen LogP contribution in [0.4, 0.5) is 18.9 Å². The first-order valence-corrected chi connectivity index (χ1v) is 6.20. The van der Waals surface area contributed by atoms with Gasteiger partial charge in [-0.2, -0.15) is 13.2 Å². The average molecular weight is 288 g/mol. The average Bonchev–Trinajstić information content (AvgIpc) is 2.88. The molecule has 20 heavy (non-hydrogen) atoms. The molecule has 3 N–H and O–H groups in total. The van der Waals surface area contributed by atoms with Crippen LogP contribution in [0.25, 0.3) is 0 Å². The quantitative estimate of drug-likeness (QED) is 0.837. The van der Waals surface area contributed by atoms with Crippen LogP contribution in [0.3, 0.4) is 0 Å². The standard InChI is InChI=1S/C13H15F3N2O2/c14-13(15,16)9-1-2-11(17)10(5-9)12(19)18-6-8-3-4-20-7-8/h1-2,5,8H,3-4,6-7,17H2,(H,18,19). The summed E-state index contributed by atoms with van der Waals surface area (Å²) >= 11 is 0.